The minimum absolute atomic E-state index is 0.310. The first kappa shape index (κ1) is 52.6. The first-order valence-corrected chi connectivity index (χ1v) is 23.2. The Morgan fingerprint density at radius 2 is 1.04 bits per heavy atom. The van der Waals surface area contributed by atoms with Gasteiger partial charge in [-0.3, -0.25) is 4.79 Å². The zero-order valence-electron chi connectivity index (χ0n) is 35.8. The third kappa shape index (κ3) is 26.6. The van der Waals surface area contributed by atoms with E-state index in [9.17, 15) is 35.4 Å². The zero-order valence-corrected chi connectivity index (χ0v) is 35.8. The van der Waals surface area contributed by atoms with Gasteiger partial charge in [0.2, 0.25) is 5.91 Å². The third-order valence-corrected chi connectivity index (χ3v) is 11.1. The highest BCUT2D eigenvalue weighted by Gasteiger charge is 2.44. The van der Waals surface area contributed by atoms with E-state index in [4.69, 9.17) is 9.47 Å². The maximum Gasteiger partial charge on any atom is 0.249 e. The predicted molar refractivity (Wildman–Crippen MR) is 227 cm³/mol. The molecule has 0 aromatic rings. The molecular formula is C46H87NO9. The lowest BCUT2D eigenvalue weighted by Gasteiger charge is -2.40. The Balaban J connectivity index is 2.40. The van der Waals surface area contributed by atoms with Crippen molar-refractivity contribution in [3.63, 3.8) is 0 Å². The van der Waals surface area contributed by atoms with Crippen LogP contribution < -0.4 is 5.32 Å². The van der Waals surface area contributed by atoms with Crippen LogP contribution in [0.2, 0.25) is 0 Å². The number of nitrogens with one attached hydrogen (secondary N) is 1. The number of carbonyl (C=O) groups is 1. The molecule has 0 aromatic carbocycles. The highest BCUT2D eigenvalue weighted by atomic mass is 16.7. The van der Waals surface area contributed by atoms with Gasteiger partial charge in [0.1, 0.15) is 30.5 Å². The van der Waals surface area contributed by atoms with Gasteiger partial charge in [0.25, 0.3) is 0 Å². The summed E-state index contributed by atoms with van der Waals surface area (Å²) in [7, 11) is 0. The molecule has 1 fully saturated rings. The van der Waals surface area contributed by atoms with Crippen molar-refractivity contribution < 1.29 is 44.9 Å². The molecule has 1 saturated heterocycles. The van der Waals surface area contributed by atoms with Gasteiger partial charge in [-0.05, 0) is 44.9 Å². The summed E-state index contributed by atoms with van der Waals surface area (Å²) < 4.78 is 11.1. The average Bonchev–Trinajstić information content (AvgIpc) is 3.20. The number of unbranched alkanes of at least 4 members (excludes halogenated alkanes) is 25. The highest BCUT2D eigenvalue weighted by molar-refractivity contribution is 5.80. The standard InChI is InChI=1S/C46H87NO9/c1-3-5-7-9-11-13-15-17-18-19-20-21-23-25-27-29-31-33-35-40(50)45(54)47-38(37-55-46-44(53)43(52)42(51)41(36-48)56-46)39(49)34-32-30-28-26-24-22-16-14-12-10-8-6-4-2/h16,22,32,34,38-44,46,48-53H,3-15,17-21,23-31,33,35-37H2,1-2H3,(H,47,54)/b22-16+,34-32+/t38-,39+,40+,41?,42+,43?,44?,46+/m0/s1. The fourth-order valence-electron chi connectivity index (χ4n) is 7.27. The second kappa shape index (κ2) is 36.7. The quantitative estimate of drug-likeness (QED) is 0.0239. The monoisotopic (exact) mass is 798 g/mol. The molecule has 1 aliphatic rings. The van der Waals surface area contributed by atoms with Gasteiger partial charge >= 0.3 is 0 Å². The molecule has 3 unspecified atom stereocenters. The van der Waals surface area contributed by atoms with Crippen molar-refractivity contribution in [2.45, 2.75) is 249 Å². The van der Waals surface area contributed by atoms with Crippen molar-refractivity contribution in [1.82, 2.24) is 5.32 Å². The Labute approximate surface area is 341 Å². The van der Waals surface area contributed by atoms with E-state index in [1.54, 1.807) is 6.08 Å². The van der Waals surface area contributed by atoms with Gasteiger partial charge < -0.3 is 45.4 Å². The molecule has 10 nitrogen and oxygen atoms in total. The van der Waals surface area contributed by atoms with E-state index in [0.717, 1.165) is 57.8 Å². The van der Waals surface area contributed by atoms with Crippen LogP contribution in [0.5, 0.6) is 0 Å². The normalized spacial score (nSPS) is 21.9. The van der Waals surface area contributed by atoms with E-state index in [1.807, 2.05) is 6.08 Å². The smallest absolute Gasteiger partial charge is 0.249 e. The molecule has 0 radical (unpaired) electrons. The van der Waals surface area contributed by atoms with Crippen LogP contribution >= 0.6 is 0 Å². The van der Waals surface area contributed by atoms with Crippen molar-refractivity contribution >= 4 is 5.91 Å². The van der Waals surface area contributed by atoms with Crippen LogP contribution in [0.3, 0.4) is 0 Å². The molecule has 0 aromatic heterocycles. The van der Waals surface area contributed by atoms with E-state index in [2.05, 4.69) is 31.3 Å². The van der Waals surface area contributed by atoms with Crippen LogP contribution in [0.4, 0.5) is 0 Å². The number of ether oxygens (including phenoxy) is 2. The number of aliphatic hydroxyl groups excluding tert-OH is 6. The Hall–Kier alpha value is -1.37. The maximum absolute atomic E-state index is 13.0. The third-order valence-electron chi connectivity index (χ3n) is 11.1. The molecule has 0 aliphatic carbocycles. The van der Waals surface area contributed by atoms with Crippen LogP contribution in [-0.4, -0.2) is 98.7 Å². The maximum atomic E-state index is 13.0. The van der Waals surface area contributed by atoms with Crippen LogP contribution in [0.15, 0.2) is 24.3 Å². The molecule has 330 valence electrons. The highest BCUT2D eigenvalue weighted by Crippen LogP contribution is 2.23. The van der Waals surface area contributed by atoms with Gasteiger partial charge in [0.15, 0.2) is 6.29 Å². The summed E-state index contributed by atoms with van der Waals surface area (Å²) in [5.74, 6) is -0.621. The number of hydrogen-bond acceptors (Lipinski definition) is 9. The van der Waals surface area contributed by atoms with Gasteiger partial charge in [-0.1, -0.05) is 179 Å². The van der Waals surface area contributed by atoms with E-state index in [-0.39, 0.29) is 6.61 Å². The van der Waals surface area contributed by atoms with Crippen LogP contribution in [0.1, 0.15) is 200 Å². The lowest BCUT2D eigenvalue weighted by Crippen LogP contribution is -2.60. The minimum atomic E-state index is -1.61. The summed E-state index contributed by atoms with van der Waals surface area (Å²) in [6, 6.07) is -0.985. The van der Waals surface area contributed by atoms with Crippen molar-refractivity contribution in [2.24, 2.45) is 0 Å². The summed E-state index contributed by atoms with van der Waals surface area (Å²) in [5.41, 5.74) is 0. The topological polar surface area (TPSA) is 169 Å². The average molecular weight is 798 g/mol. The molecule has 10 heteroatoms. The van der Waals surface area contributed by atoms with E-state index in [1.165, 1.54) is 122 Å². The lowest BCUT2D eigenvalue weighted by atomic mass is 9.99. The molecule has 0 saturated carbocycles. The Bertz CT molecular complexity index is 948. The molecular weight excluding hydrogens is 711 g/mol. The molecule has 8 atom stereocenters. The molecule has 0 bridgehead atoms. The SMILES string of the molecule is CCCCCCC/C=C/CCCC/C=C/[C@@H](O)[C@H](CO[C@@H]1OC(CO)[C@@H](O)C(O)C1O)NC(=O)[C@H](O)CCCCCCCCCCCCCCCCCCCC. The number of allylic oxidation sites excluding steroid dienone is 3. The van der Waals surface area contributed by atoms with Gasteiger partial charge in [0.05, 0.1) is 25.4 Å². The minimum Gasteiger partial charge on any atom is -0.394 e. The van der Waals surface area contributed by atoms with Crippen LogP contribution in [0.25, 0.3) is 0 Å². The van der Waals surface area contributed by atoms with Gasteiger partial charge in [-0.25, -0.2) is 0 Å². The number of rotatable bonds is 38. The van der Waals surface area contributed by atoms with Gasteiger partial charge in [0, 0.05) is 0 Å². The van der Waals surface area contributed by atoms with Crippen molar-refractivity contribution in [1.29, 1.82) is 0 Å². The number of hydrogen-bond donors (Lipinski definition) is 7. The Morgan fingerprint density at radius 1 is 0.607 bits per heavy atom. The fraction of sp³-hybridized carbons (Fsp3) is 0.891. The number of aliphatic hydroxyl groups is 6. The van der Waals surface area contributed by atoms with Crippen molar-refractivity contribution in [3.05, 3.63) is 24.3 Å². The summed E-state index contributed by atoms with van der Waals surface area (Å²) >= 11 is 0. The zero-order chi connectivity index (χ0) is 41.1. The number of amides is 1. The van der Waals surface area contributed by atoms with Crippen LogP contribution in [0, 0.1) is 0 Å². The lowest BCUT2D eigenvalue weighted by molar-refractivity contribution is -0.302. The van der Waals surface area contributed by atoms with E-state index in [0.29, 0.717) is 6.42 Å². The van der Waals surface area contributed by atoms with Gasteiger partial charge in [-0.2, -0.15) is 0 Å². The molecule has 1 amide bonds. The molecule has 0 spiro atoms. The first-order valence-electron chi connectivity index (χ1n) is 23.2. The molecule has 1 heterocycles. The fourth-order valence-corrected chi connectivity index (χ4v) is 7.27. The Morgan fingerprint density at radius 3 is 1.52 bits per heavy atom. The van der Waals surface area contributed by atoms with Crippen LogP contribution in [-0.2, 0) is 14.3 Å². The molecule has 56 heavy (non-hydrogen) atoms. The van der Waals surface area contributed by atoms with E-state index < -0.39 is 61.5 Å². The molecule has 1 rings (SSSR count). The van der Waals surface area contributed by atoms with Crippen molar-refractivity contribution in [2.75, 3.05) is 13.2 Å². The second-order valence-electron chi connectivity index (χ2n) is 16.3. The van der Waals surface area contributed by atoms with Gasteiger partial charge in [-0.15, -0.1) is 0 Å². The molecule has 1 aliphatic heterocycles. The predicted octanol–water partition coefficient (Wildman–Crippen LogP) is 8.47. The van der Waals surface area contributed by atoms with Crippen molar-refractivity contribution in [3.8, 4) is 0 Å². The molecule has 7 N–H and O–H groups in total. The summed E-state index contributed by atoms with van der Waals surface area (Å²) in [6.07, 6.45) is 32.6. The second-order valence-corrected chi connectivity index (χ2v) is 16.3. The largest absolute Gasteiger partial charge is 0.394 e. The first-order chi connectivity index (χ1) is 27.3. The summed E-state index contributed by atoms with van der Waals surface area (Å²) in [6.45, 7) is 3.58. The van der Waals surface area contributed by atoms with E-state index >= 15 is 0 Å². The number of carbonyl (C=O) groups excluding carboxylic acids is 1. The Kier molecular flexibility index (Phi) is 34.5. The summed E-state index contributed by atoms with van der Waals surface area (Å²) in [5, 5.41) is 64.6. The summed E-state index contributed by atoms with van der Waals surface area (Å²) in [4.78, 5) is 13.0.